The van der Waals surface area contributed by atoms with Gasteiger partial charge in [0, 0.05) is 7.05 Å². The Bertz CT molecular complexity index is 791. The van der Waals surface area contributed by atoms with Crippen molar-refractivity contribution in [2.45, 2.75) is 5.03 Å². The first-order valence-corrected chi connectivity index (χ1v) is 7.11. The van der Waals surface area contributed by atoms with Crippen molar-refractivity contribution < 1.29 is 12.8 Å². The van der Waals surface area contributed by atoms with Crippen molar-refractivity contribution in [2.75, 3.05) is 4.72 Å². The highest BCUT2D eigenvalue weighted by Crippen LogP contribution is 2.23. The Hall–Kier alpha value is -2.11. The van der Waals surface area contributed by atoms with E-state index < -0.39 is 15.8 Å². The van der Waals surface area contributed by atoms with Crippen LogP contribution in [0.3, 0.4) is 0 Å². The van der Waals surface area contributed by atoms with Crippen LogP contribution in [0.1, 0.15) is 5.56 Å². The lowest BCUT2D eigenvalue weighted by Crippen LogP contribution is -2.17. The van der Waals surface area contributed by atoms with Crippen molar-refractivity contribution in [2.24, 2.45) is 7.05 Å². The normalized spacial score (nSPS) is 11.1. The van der Waals surface area contributed by atoms with Crippen LogP contribution in [0, 0.1) is 17.1 Å². The molecule has 0 bridgehead atoms. The van der Waals surface area contributed by atoms with Crippen LogP contribution in [0.15, 0.2) is 29.4 Å². The maximum atomic E-state index is 13.2. The van der Waals surface area contributed by atoms with E-state index in [1.807, 2.05) is 0 Å². The summed E-state index contributed by atoms with van der Waals surface area (Å²) in [5.41, 5.74) is -0.207. The number of hydrogen-bond acceptors (Lipinski definition) is 4. The van der Waals surface area contributed by atoms with E-state index in [0.717, 1.165) is 16.8 Å². The molecule has 0 spiro atoms. The third kappa shape index (κ3) is 2.59. The Morgan fingerprint density at radius 1 is 1.50 bits per heavy atom. The van der Waals surface area contributed by atoms with E-state index in [2.05, 4.69) is 9.82 Å². The number of rotatable bonds is 3. The van der Waals surface area contributed by atoms with Gasteiger partial charge in [0.1, 0.15) is 11.9 Å². The number of halogens is 2. The van der Waals surface area contributed by atoms with Gasteiger partial charge in [-0.1, -0.05) is 11.6 Å². The number of nitrogens with one attached hydrogen (secondary N) is 1. The third-order valence-electron chi connectivity index (χ3n) is 2.44. The number of hydrogen-bond donors (Lipinski definition) is 1. The van der Waals surface area contributed by atoms with Crippen LogP contribution >= 0.6 is 11.6 Å². The molecule has 1 aromatic carbocycles. The Labute approximate surface area is 119 Å². The number of benzene rings is 1. The second-order valence-corrected chi connectivity index (χ2v) is 5.84. The fraction of sp³-hybridized carbons (Fsp3) is 0.0909. The van der Waals surface area contributed by atoms with Gasteiger partial charge in [-0.3, -0.25) is 9.40 Å². The molecule has 0 radical (unpaired) electrons. The first-order valence-electron chi connectivity index (χ1n) is 5.25. The average Bonchev–Trinajstić information content (AvgIpc) is 2.71. The summed E-state index contributed by atoms with van der Waals surface area (Å²) in [5.74, 6) is -0.728. The highest BCUT2D eigenvalue weighted by atomic mass is 35.5. The standard InChI is InChI=1S/C11H8ClFN4O2S/c1-17-11(9(12)6-15-17)20(18,19)16-8-2-3-10(13)7(4-8)5-14/h2-4,6,16H,1H3. The molecule has 0 aliphatic carbocycles. The molecule has 0 aliphatic heterocycles. The van der Waals surface area contributed by atoms with Gasteiger partial charge >= 0.3 is 0 Å². The minimum Gasteiger partial charge on any atom is -0.278 e. The SMILES string of the molecule is Cn1ncc(Cl)c1S(=O)(=O)Nc1ccc(F)c(C#N)c1. The number of aryl methyl sites for hydroxylation is 1. The summed E-state index contributed by atoms with van der Waals surface area (Å²) in [6.07, 6.45) is 1.20. The van der Waals surface area contributed by atoms with Crippen LogP contribution in [0.25, 0.3) is 0 Å². The molecule has 0 fully saturated rings. The van der Waals surface area contributed by atoms with E-state index in [-0.39, 0.29) is 21.3 Å². The molecule has 6 nitrogen and oxygen atoms in total. The van der Waals surface area contributed by atoms with Gasteiger partial charge in [0.05, 0.1) is 22.5 Å². The zero-order chi connectivity index (χ0) is 14.9. The van der Waals surface area contributed by atoms with E-state index in [1.165, 1.54) is 19.3 Å². The number of sulfonamides is 1. The minimum atomic E-state index is -3.98. The number of aromatic nitrogens is 2. The predicted octanol–water partition coefficient (Wildman–Crippen LogP) is 1.89. The molecule has 1 aromatic heterocycles. The van der Waals surface area contributed by atoms with Gasteiger partial charge in [-0.05, 0) is 18.2 Å². The maximum absolute atomic E-state index is 13.2. The van der Waals surface area contributed by atoms with E-state index in [0.29, 0.717) is 0 Å². The molecule has 104 valence electrons. The first-order chi connectivity index (χ1) is 9.35. The first kappa shape index (κ1) is 14.3. The summed E-state index contributed by atoms with van der Waals surface area (Å²) in [7, 11) is -2.56. The van der Waals surface area contributed by atoms with Gasteiger partial charge in [0.15, 0.2) is 5.03 Å². The molecule has 2 aromatic rings. The highest BCUT2D eigenvalue weighted by Gasteiger charge is 2.23. The molecule has 1 N–H and O–H groups in total. The van der Waals surface area contributed by atoms with Crippen molar-refractivity contribution in [3.63, 3.8) is 0 Å². The average molecular weight is 315 g/mol. The molecule has 0 atom stereocenters. The Balaban J connectivity index is 2.42. The molecule has 0 unspecified atom stereocenters. The zero-order valence-electron chi connectivity index (χ0n) is 10.1. The van der Waals surface area contributed by atoms with E-state index in [1.54, 1.807) is 6.07 Å². The lowest BCUT2D eigenvalue weighted by Gasteiger charge is -2.09. The molecule has 1 heterocycles. The fourth-order valence-corrected chi connectivity index (χ4v) is 3.29. The molecule has 9 heteroatoms. The van der Waals surface area contributed by atoms with Crippen molar-refractivity contribution >= 4 is 27.3 Å². The van der Waals surface area contributed by atoms with Crippen LogP contribution in [0.2, 0.25) is 5.02 Å². The van der Waals surface area contributed by atoms with Gasteiger partial charge in [0.2, 0.25) is 0 Å². The monoisotopic (exact) mass is 314 g/mol. The molecule has 0 saturated carbocycles. The summed E-state index contributed by atoms with van der Waals surface area (Å²) < 4.78 is 40.8. The van der Waals surface area contributed by atoms with Crippen molar-refractivity contribution in [3.05, 3.63) is 40.8 Å². The second-order valence-electron chi connectivity index (χ2n) is 3.83. The quantitative estimate of drug-likeness (QED) is 0.937. The molecular formula is C11H8ClFN4O2S. The Kier molecular flexibility index (Phi) is 3.65. The summed E-state index contributed by atoms with van der Waals surface area (Å²) in [6, 6.07) is 4.93. The topological polar surface area (TPSA) is 87.8 Å². The molecule has 2 rings (SSSR count). The van der Waals surface area contributed by atoms with Gasteiger partial charge in [-0.15, -0.1) is 0 Å². The maximum Gasteiger partial charge on any atom is 0.280 e. The Morgan fingerprint density at radius 2 is 2.20 bits per heavy atom. The second kappa shape index (κ2) is 5.11. The smallest absolute Gasteiger partial charge is 0.278 e. The molecule has 0 aliphatic rings. The largest absolute Gasteiger partial charge is 0.280 e. The zero-order valence-corrected chi connectivity index (χ0v) is 11.7. The summed E-state index contributed by atoms with van der Waals surface area (Å²) in [5, 5.41) is 12.2. The van der Waals surface area contributed by atoms with E-state index in [9.17, 15) is 12.8 Å². The fourth-order valence-electron chi connectivity index (χ4n) is 1.58. The third-order valence-corrected chi connectivity index (χ3v) is 4.32. The predicted molar refractivity (Wildman–Crippen MR) is 70.1 cm³/mol. The number of nitrogens with zero attached hydrogens (tertiary/aromatic N) is 3. The lowest BCUT2D eigenvalue weighted by atomic mass is 10.2. The Morgan fingerprint density at radius 3 is 2.75 bits per heavy atom. The van der Waals surface area contributed by atoms with Gasteiger partial charge in [-0.2, -0.15) is 18.8 Å². The summed E-state index contributed by atoms with van der Waals surface area (Å²) in [4.78, 5) is 0. The number of anilines is 1. The number of nitriles is 1. The van der Waals surface area contributed by atoms with Crippen LogP contribution < -0.4 is 4.72 Å². The molecule has 0 amide bonds. The molecule has 20 heavy (non-hydrogen) atoms. The van der Waals surface area contributed by atoms with E-state index in [4.69, 9.17) is 16.9 Å². The summed E-state index contributed by atoms with van der Waals surface area (Å²) in [6.45, 7) is 0. The van der Waals surface area contributed by atoms with Crippen LogP contribution in [0.4, 0.5) is 10.1 Å². The van der Waals surface area contributed by atoms with Crippen LogP contribution in [0.5, 0.6) is 0 Å². The van der Waals surface area contributed by atoms with Crippen LogP contribution in [-0.4, -0.2) is 18.2 Å². The molecule has 0 saturated heterocycles. The van der Waals surface area contributed by atoms with Gasteiger partial charge in [0.25, 0.3) is 10.0 Å². The lowest BCUT2D eigenvalue weighted by molar-refractivity contribution is 0.582. The van der Waals surface area contributed by atoms with Gasteiger partial charge in [-0.25, -0.2) is 4.39 Å². The molecular weight excluding hydrogens is 307 g/mol. The van der Waals surface area contributed by atoms with E-state index >= 15 is 0 Å². The summed E-state index contributed by atoms with van der Waals surface area (Å²) >= 11 is 5.76. The van der Waals surface area contributed by atoms with Crippen molar-refractivity contribution in [1.29, 1.82) is 5.26 Å². The highest BCUT2D eigenvalue weighted by molar-refractivity contribution is 7.92. The van der Waals surface area contributed by atoms with Crippen LogP contribution in [-0.2, 0) is 17.1 Å². The van der Waals surface area contributed by atoms with Crippen molar-refractivity contribution in [1.82, 2.24) is 9.78 Å². The van der Waals surface area contributed by atoms with Crippen molar-refractivity contribution in [3.8, 4) is 6.07 Å². The minimum absolute atomic E-state index is 0.0392. The van der Waals surface area contributed by atoms with Gasteiger partial charge < -0.3 is 0 Å².